The quantitative estimate of drug-likeness (QED) is 0.939. The molecular formula is C14H19N3S2. The summed E-state index contributed by atoms with van der Waals surface area (Å²) < 4.78 is 2.22. The summed E-state index contributed by atoms with van der Waals surface area (Å²) >= 11 is 4.00. The molecule has 1 atom stereocenters. The van der Waals surface area contributed by atoms with Gasteiger partial charge in [-0.25, -0.2) is 4.98 Å². The number of nitrogens with one attached hydrogen (secondary N) is 1. The normalized spacial score (nSPS) is 16.3. The lowest BCUT2D eigenvalue weighted by atomic mass is 10.1. The number of hydrogen-bond acceptors (Lipinski definition) is 4. The highest BCUT2D eigenvalue weighted by Gasteiger charge is 2.22. The van der Waals surface area contributed by atoms with E-state index in [-0.39, 0.29) is 6.04 Å². The highest BCUT2D eigenvalue weighted by Crippen LogP contribution is 2.36. The van der Waals surface area contributed by atoms with E-state index >= 15 is 0 Å². The van der Waals surface area contributed by atoms with Gasteiger partial charge in [0.25, 0.3) is 0 Å². The van der Waals surface area contributed by atoms with Gasteiger partial charge in [-0.3, -0.25) is 0 Å². The Morgan fingerprint density at radius 1 is 1.53 bits per heavy atom. The number of thiophene rings is 1. The van der Waals surface area contributed by atoms with E-state index in [0.717, 1.165) is 12.4 Å². The predicted molar refractivity (Wildman–Crippen MR) is 83.0 cm³/mol. The molecular weight excluding hydrogens is 274 g/mol. The number of nitrogens with zero attached hydrogens (tertiary/aromatic N) is 2. The largest absolute Gasteiger partial charge is 0.334 e. The Kier molecular flexibility index (Phi) is 3.96. The van der Waals surface area contributed by atoms with Crippen LogP contribution in [0.5, 0.6) is 0 Å². The van der Waals surface area contributed by atoms with Crippen LogP contribution >= 0.6 is 23.1 Å². The van der Waals surface area contributed by atoms with Crippen LogP contribution in [0.15, 0.2) is 18.5 Å². The summed E-state index contributed by atoms with van der Waals surface area (Å²) in [7, 11) is 2.02. The number of fused-ring (bicyclic) bond motifs is 1. The first-order valence-electron chi connectivity index (χ1n) is 6.71. The lowest BCUT2D eigenvalue weighted by molar-refractivity contribution is 0.597. The summed E-state index contributed by atoms with van der Waals surface area (Å²) in [5, 5.41) is 3.42. The second-order valence-electron chi connectivity index (χ2n) is 4.69. The van der Waals surface area contributed by atoms with Crippen LogP contribution in [0.1, 0.15) is 34.1 Å². The van der Waals surface area contributed by atoms with Gasteiger partial charge in [-0.05, 0) is 37.8 Å². The molecule has 3 rings (SSSR count). The molecule has 0 amide bonds. The molecule has 0 saturated heterocycles. The van der Waals surface area contributed by atoms with Crippen LogP contribution in [-0.4, -0.2) is 22.4 Å². The van der Waals surface area contributed by atoms with E-state index in [9.17, 15) is 0 Å². The van der Waals surface area contributed by atoms with Crippen LogP contribution in [0.25, 0.3) is 0 Å². The standard InChI is InChI=1S/C14H19N3S2/c1-3-17-6-5-16-14(17)13(15-2)12-8-10-9-18-7-4-11(10)19-12/h5-6,8,13,15H,3-4,7,9H2,1-2H3. The lowest BCUT2D eigenvalue weighted by Gasteiger charge is -2.15. The summed E-state index contributed by atoms with van der Waals surface area (Å²) in [5.74, 6) is 3.56. The Labute approximate surface area is 122 Å². The van der Waals surface area contributed by atoms with E-state index < -0.39 is 0 Å². The van der Waals surface area contributed by atoms with Gasteiger partial charge in [-0.15, -0.1) is 11.3 Å². The third kappa shape index (κ3) is 2.47. The van der Waals surface area contributed by atoms with E-state index in [2.05, 4.69) is 34.1 Å². The molecule has 3 heterocycles. The summed E-state index contributed by atoms with van der Waals surface area (Å²) in [6.45, 7) is 3.13. The van der Waals surface area contributed by atoms with Crippen molar-refractivity contribution in [2.24, 2.45) is 0 Å². The first-order chi connectivity index (χ1) is 9.33. The van der Waals surface area contributed by atoms with Crippen LogP contribution < -0.4 is 5.32 Å². The Bertz CT molecular complexity index is 535. The molecule has 19 heavy (non-hydrogen) atoms. The molecule has 1 unspecified atom stereocenters. The third-order valence-electron chi connectivity index (χ3n) is 3.57. The van der Waals surface area contributed by atoms with Gasteiger partial charge < -0.3 is 9.88 Å². The Morgan fingerprint density at radius 3 is 3.16 bits per heavy atom. The maximum atomic E-state index is 4.54. The molecule has 0 bridgehead atoms. The topological polar surface area (TPSA) is 29.9 Å². The molecule has 0 saturated carbocycles. The average molecular weight is 293 g/mol. The zero-order valence-electron chi connectivity index (χ0n) is 11.3. The fourth-order valence-corrected chi connectivity index (χ4v) is 5.04. The number of hydrogen-bond donors (Lipinski definition) is 1. The van der Waals surface area contributed by atoms with Crippen molar-refractivity contribution in [1.82, 2.24) is 14.9 Å². The fraction of sp³-hybridized carbons (Fsp3) is 0.500. The molecule has 0 aliphatic carbocycles. The molecule has 5 heteroatoms. The second-order valence-corrected chi connectivity index (χ2v) is 6.97. The number of aryl methyl sites for hydroxylation is 2. The van der Waals surface area contributed by atoms with Gasteiger partial charge in [0.05, 0.1) is 0 Å². The van der Waals surface area contributed by atoms with Gasteiger partial charge in [0.15, 0.2) is 0 Å². The van der Waals surface area contributed by atoms with Crippen LogP contribution in [0.3, 0.4) is 0 Å². The lowest BCUT2D eigenvalue weighted by Crippen LogP contribution is -2.20. The predicted octanol–water partition coefficient (Wildman–Crippen LogP) is 3.06. The second kappa shape index (κ2) is 5.69. The minimum atomic E-state index is 0.218. The van der Waals surface area contributed by atoms with Gasteiger partial charge in [-0.1, -0.05) is 0 Å². The summed E-state index contributed by atoms with van der Waals surface area (Å²) in [6.07, 6.45) is 5.18. The molecule has 0 spiro atoms. The van der Waals surface area contributed by atoms with E-state index in [1.807, 2.05) is 36.3 Å². The Hall–Kier alpha value is -0.780. The number of imidazole rings is 1. The first-order valence-corrected chi connectivity index (χ1v) is 8.68. The Balaban J connectivity index is 1.96. The summed E-state index contributed by atoms with van der Waals surface area (Å²) in [5.41, 5.74) is 1.53. The van der Waals surface area contributed by atoms with Gasteiger partial charge in [0.2, 0.25) is 0 Å². The third-order valence-corrected chi connectivity index (χ3v) is 5.88. The monoisotopic (exact) mass is 293 g/mol. The smallest absolute Gasteiger partial charge is 0.131 e. The van der Waals surface area contributed by atoms with Gasteiger partial charge in [-0.2, -0.15) is 11.8 Å². The molecule has 0 radical (unpaired) electrons. The molecule has 0 aromatic carbocycles. The number of rotatable bonds is 4. The zero-order valence-corrected chi connectivity index (χ0v) is 13.0. The first kappa shape index (κ1) is 13.2. The van der Waals surface area contributed by atoms with E-state index in [4.69, 9.17) is 0 Å². The number of thioether (sulfide) groups is 1. The molecule has 3 nitrogen and oxygen atoms in total. The van der Waals surface area contributed by atoms with Gasteiger partial charge >= 0.3 is 0 Å². The van der Waals surface area contributed by atoms with E-state index in [1.54, 1.807) is 4.88 Å². The molecule has 0 fully saturated rings. The SMILES string of the molecule is CCn1ccnc1C(NC)c1cc2c(s1)CCSC2. The van der Waals surface area contributed by atoms with Crippen molar-refractivity contribution in [3.05, 3.63) is 39.6 Å². The number of aromatic nitrogens is 2. The van der Waals surface area contributed by atoms with Crippen LogP contribution in [-0.2, 0) is 18.7 Å². The van der Waals surface area contributed by atoms with Gasteiger partial charge in [0, 0.05) is 34.4 Å². The highest BCUT2D eigenvalue weighted by molar-refractivity contribution is 7.98. The highest BCUT2D eigenvalue weighted by atomic mass is 32.2. The molecule has 2 aromatic heterocycles. The minimum Gasteiger partial charge on any atom is -0.334 e. The van der Waals surface area contributed by atoms with Crippen molar-refractivity contribution in [3.8, 4) is 0 Å². The maximum Gasteiger partial charge on any atom is 0.131 e. The van der Waals surface area contributed by atoms with Crippen molar-refractivity contribution >= 4 is 23.1 Å². The van der Waals surface area contributed by atoms with Crippen molar-refractivity contribution in [1.29, 1.82) is 0 Å². The van der Waals surface area contributed by atoms with Crippen molar-refractivity contribution in [2.45, 2.75) is 31.7 Å². The molecule has 1 N–H and O–H groups in total. The fourth-order valence-electron chi connectivity index (χ4n) is 2.56. The molecule has 1 aliphatic heterocycles. The van der Waals surface area contributed by atoms with E-state index in [0.29, 0.717) is 0 Å². The van der Waals surface area contributed by atoms with Crippen molar-refractivity contribution < 1.29 is 0 Å². The molecule has 1 aliphatic rings. The van der Waals surface area contributed by atoms with Crippen LogP contribution in [0.2, 0.25) is 0 Å². The zero-order chi connectivity index (χ0) is 13.2. The average Bonchev–Trinajstić information content (AvgIpc) is 3.05. The molecule has 102 valence electrons. The van der Waals surface area contributed by atoms with Crippen LogP contribution in [0.4, 0.5) is 0 Å². The van der Waals surface area contributed by atoms with E-state index in [1.165, 1.54) is 28.4 Å². The summed E-state index contributed by atoms with van der Waals surface area (Å²) in [6, 6.07) is 2.60. The minimum absolute atomic E-state index is 0.218. The van der Waals surface area contributed by atoms with Gasteiger partial charge in [0.1, 0.15) is 11.9 Å². The molecule has 2 aromatic rings. The van der Waals surface area contributed by atoms with Crippen molar-refractivity contribution in [3.63, 3.8) is 0 Å². The van der Waals surface area contributed by atoms with Crippen LogP contribution in [0, 0.1) is 0 Å². The summed E-state index contributed by atoms with van der Waals surface area (Å²) in [4.78, 5) is 7.51. The Morgan fingerprint density at radius 2 is 2.42 bits per heavy atom. The van der Waals surface area contributed by atoms with Crippen molar-refractivity contribution in [2.75, 3.05) is 12.8 Å². The maximum absolute atomic E-state index is 4.54.